The van der Waals surface area contributed by atoms with E-state index in [1.807, 2.05) is 61.5 Å². The van der Waals surface area contributed by atoms with E-state index in [2.05, 4.69) is 15.2 Å². The Morgan fingerprint density at radius 2 is 1.71 bits per heavy atom. The first-order valence-corrected chi connectivity index (χ1v) is 5.36. The molecule has 0 radical (unpaired) electrons. The molecule has 0 atom stereocenters. The lowest BCUT2D eigenvalue weighted by molar-refractivity contribution is 1.08. The average molecular weight is 226 g/mol. The number of benzene rings is 1. The Kier molecular flexibility index (Phi) is 3.45. The number of pyridine rings is 1. The Morgan fingerprint density at radius 3 is 2.41 bits per heavy atom. The molecule has 2 aromatic rings. The second kappa shape index (κ2) is 5.21. The van der Waals surface area contributed by atoms with Crippen LogP contribution in [0.3, 0.4) is 0 Å². The summed E-state index contributed by atoms with van der Waals surface area (Å²) in [6.07, 6.45) is 1.71. The highest BCUT2D eigenvalue weighted by atomic mass is 15.2. The topological polar surface area (TPSA) is 40.9 Å². The third-order valence-corrected chi connectivity index (χ3v) is 2.26. The van der Waals surface area contributed by atoms with Gasteiger partial charge < -0.3 is 4.90 Å². The Bertz CT molecular complexity index is 506. The third-order valence-electron chi connectivity index (χ3n) is 2.26. The highest BCUT2D eigenvalue weighted by Crippen LogP contribution is 2.25. The number of hydrogen-bond acceptors (Lipinski definition) is 4. The molecule has 0 bridgehead atoms. The van der Waals surface area contributed by atoms with Gasteiger partial charge in [0.1, 0.15) is 0 Å². The molecule has 1 aromatic heterocycles. The van der Waals surface area contributed by atoms with Gasteiger partial charge in [0.25, 0.3) is 0 Å². The van der Waals surface area contributed by atoms with Crippen molar-refractivity contribution in [2.24, 2.45) is 10.2 Å². The highest BCUT2D eigenvalue weighted by molar-refractivity contribution is 5.61. The third kappa shape index (κ3) is 2.87. The van der Waals surface area contributed by atoms with Gasteiger partial charge in [0.2, 0.25) is 0 Å². The summed E-state index contributed by atoms with van der Waals surface area (Å²) in [5, 5.41) is 8.33. The Hall–Kier alpha value is -2.23. The number of rotatable bonds is 3. The summed E-state index contributed by atoms with van der Waals surface area (Å²) in [5.74, 6) is 0.626. The maximum absolute atomic E-state index is 4.21. The van der Waals surface area contributed by atoms with Crippen LogP contribution >= 0.6 is 0 Å². The molecule has 1 heterocycles. The molecule has 0 N–H and O–H groups in total. The fraction of sp³-hybridized carbons (Fsp3) is 0.154. The van der Waals surface area contributed by atoms with Crippen molar-refractivity contribution in [3.05, 3.63) is 48.7 Å². The van der Waals surface area contributed by atoms with Gasteiger partial charge in [-0.2, -0.15) is 0 Å². The molecule has 0 amide bonds. The van der Waals surface area contributed by atoms with Crippen LogP contribution in [-0.2, 0) is 0 Å². The maximum Gasteiger partial charge on any atom is 0.197 e. The van der Waals surface area contributed by atoms with Gasteiger partial charge in [-0.25, -0.2) is 4.98 Å². The molecule has 1 aromatic carbocycles. The first kappa shape index (κ1) is 11.3. The van der Waals surface area contributed by atoms with E-state index in [1.54, 1.807) is 6.20 Å². The van der Waals surface area contributed by atoms with Crippen LogP contribution in [0, 0.1) is 0 Å². The van der Waals surface area contributed by atoms with Crippen LogP contribution in [0.4, 0.5) is 17.2 Å². The molecule has 0 saturated heterocycles. The zero-order valence-corrected chi connectivity index (χ0v) is 9.91. The van der Waals surface area contributed by atoms with Crippen molar-refractivity contribution in [2.75, 3.05) is 19.0 Å². The van der Waals surface area contributed by atoms with Crippen LogP contribution < -0.4 is 4.90 Å². The van der Waals surface area contributed by atoms with Gasteiger partial charge in [0.15, 0.2) is 5.82 Å². The van der Waals surface area contributed by atoms with E-state index in [1.165, 1.54) is 0 Å². The molecule has 0 aliphatic heterocycles. The zero-order chi connectivity index (χ0) is 12.1. The van der Waals surface area contributed by atoms with Crippen molar-refractivity contribution in [3.63, 3.8) is 0 Å². The lowest BCUT2D eigenvalue weighted by atomic mass is 10.3. The van der Waals surface area contributed by atoms with Crippen molar-refractivity contribution in [3.8, 4) is 0 Å². The quantitative estimate of drug-likeness (QED) is 0.751. The summed E-state index contributed by atoms with van der Waals surface area (Å²) in [6.45, 7) is 0. The smallest absolute Gasteiger partial charge is 0.197 e. The van der Waals surface area contributed by atoms with Crippen LogP contribution in [0.15, 0.2) is 58.9 Å². The van der Waals surface area contributed by atoms with E-state index in [0.29, 0.717) is 5.82 Å². The molecule has 86 valence electrons. The Morgan fingerprint density at radius 1 is 0.941 bits per heavy atom. The van der Waals surface area contributed by atoms with Crippen molar-refractivity contribution < 1.29 is 0 Å². The van der Waals surface area contributed by atoms with Crippen LogP contribution in [0.5, 0.6) is 0 Å². The summed E-state index contributed by atoms with van der Waals surface area (Å²) >= 11 is 0. The van der Waals surface area contributed by atoms with Gasteiger partial charge in [-0.3, -0.25) is 0 Å². The Balaban J connectivity index is 2.27. The number of nitrogens with zero attached hydrogens (tertiary/aromatic N) is 4. The molecule has 4 heteroatoms. The van der Waals surface area contributed by atoms with Gasteiger partial charge in [-0.05, 0) is 24.3 Å². The fourth-order valence-corrected chi connectivity index (χ4v) is 1.41. The molecule has 17 heavy (non-hydrogen) atoms. The summed E-state index contributed by atoms with van der Waals surface area (Å²) in [4.78, 5) is 6.18. The predicted molar refractivity (Wildman–Crippen MR) is 69.2 cm³/mol. The Labute approximate surface area is 101 Å². The summed E-state index contributed by atoms with van der Waals surface area (Å²) in [7, 11) is 3.91. The second-order valence-corrected chi connectivity index (χ2v) is 3.78. The van der Waals surface area contributed by atoms with Crippen molar-refractivity contribution in [1.82, 2.24) is 4.98 Å². The largest absolute Gasteiger partial charge is 0.375 e. The molecular weight excluding hydrogens is 212 g/mol. The number of anilines is 1. The van der Waals surface area contributed by atoms with Gasteiger partial charge in [0, 0.05) is 20.3 Å². The zero-order valence-electron chi connectivity index (χ0n) is 9.91. The predicted octanol–water partition coefficient (Wildman–Crippen LogP) is 3.56. The maximum atomic E-state index is 4.21. The van der Waals surface area contributed by atoms with Crippen LogP contribution in [0.25, 0.3) is 0 Å². The van der Waals surface area contributed by atoms with Crippen molar-refractivity contribution >= 4 is 17.2 Å². The van der Waals surface area contributed by atoms with Crippen molar-refractivity contribution in [1.29, 1.82) is 0 Å². The first-order valence-electron chi connectivity index (χ1n) is 5.36. The molecule has 4 nitrogen and oxygen atoms in total. The number of azo groups is 1. The number of aromatic nitrogens is 1. The van der Waals surface area contributed by atoms with Gasteiger partial charge >= 0.3 is 0 Å². The summed E-state index contributed by atoms with van der Waals surface area (Å²) in [6, 6.07) is 13.5. The van der Waals surface area contributed by atoms with Crippen LogP contribution in [0.1, 0.15) is 0 Å². The first-order chi connectivity index (χ1) is 8.27. The minimum Gasteiger partial charge on any atom is -0.375 e. The standard InChI is InChI=1S/C13H14N4/c1-17(2)12-9-6-10-14-13(12)16-15-11-7-4-3-5-8-11/h3-10H,1-2H3. The SMILES string of the molecule is CN(C)c1cccnc1N=Nc1ccccc1. The van der Waals surface area contributed by atoms with Gasteiger partial charge in [0.05, 0.1) is 11.4 Å². The van der Waals surface area contributed by atoms with Gasteiger partial charge in [-0.15, -0.1) is 10.2 Å². The molecular formula is C13H14N4. The van der Waals surface area contributed by atoms with Crippen LogP contribution in [-0.4, -0.2) is 19.1 Å². The number of hydrogen-bond donors (Lipinski definition) is 0. The molecule has 0 aliphatic rings. The van der Waals surface area contributed by atoms with E-state index < -0.39 is 0 Å². The van der Waals surface area contributed by atoms with E-state index in [0.717, 1.165) is 11.4 Å². The lowest BCUT2D eigenvalue weighted by Crippen LogP contribution is -2.08. The van der Waals surface area contributed by atoms with Crippen LogP contribution in [0.2, 0.25) is 0 Å². The molecule has 0 spiro atoms. The highest BCUT2D eigenvalue weighted by Gasteiger charge is 2.03. The van der Waals surface area contributed by atoms with E-state index in [-0.39, 0.29) is 0 Å². The minimum atomic E-state index is 0.626. The minimum absolute atomic E-state index is 0.626. The molecule has 0 saturated carbocycles. The monoisotopic (exact) mass is 226 g/mol. The fourth-order valence-electron chi connectivity index (χ4n) is 1.41. The van der Waals surface area contributed by atoms with E-state index in [9.17, 15) is 0 Å². The summed E-state index contributed by atoms with van der Waals surface area (Å²) < 4.78 is 0. The molecule has 0 unspecified atom stereocenters. The summed E-state index contributed by atoms with van der Waals surface area (Å²) in [5.41, 5.74) is 1.77. The molecule has 0 fully saturated rings. The van der Waals surface area contributed by atoms with Crippen molar-refractivity contribution in [2.45, 2.75) is 0 Å². The second-order valence-electron chi connectivity index (χ2n) is 3.78. The van der Waals surface area contributed by atoms with E-state index in [4.69, 9.17) is 0 Å². The molecule has 2 rings (SSSR count). The molecule has 0 aliphatic carbocycles. The van der Waals surface area contributed by atoms with E-state index >= 15 is 0 Å². The average Bonchev–Trinajstić information content (AvgIpc) is 2.38. The van der Waals surface area contributed by atoms with Gasteiger partial charge in [-0.1, -0.05) is 18.2 Å². The lowest BCUT2D eigenvalue weighted by Gasteiger charge is -2.12. The normalized spacial score (nSPS) is 10.7.